The van der Waals surface area contributed by atoms with E-state index >= 15 is 0 Å². The van der Waals surface area contributed by atoms with E-state index in [2.05, 4.69) is 9.79 Å². The SMILES string of the molecule is CCOC(=O)/C(C#N)=C/c1ccc(OCc2c(C)no[n+]2[O-])cc1. The Hall–Kier alpha value is -3.34. The Balaban J connectivity index is 2.05. The summed E-state index contributed by atoms with van der Waals surface area (Å²) in [5.41, 5.74) is 1.30. The van der Waals surface area contributed by atoms with Crippen molar-refractivity contribution < 1.29 is 23.8 Å². The van der Waals surface area contributed by atoms with E-state index in [4.69, 9.17) is 14.7 Å². The number of aryl methyl sites for hydroxylation is 1. The fourth-order valence-corrected chi connectivity index (χ4v) is 1.81. The third-order valence-corrected chi connectivity index (χ3v) is 3.07. The monoisotopic (exact) mass is 329 g/mol. The number of aromatic nitrogens is 2. The number of carbonyl (C=O) groups excluding carboxylic acids is 1. The highest BCUT2D eigenvalue weighted by molar-refractivity contribution is 5.97. The van der Waals surface area contributed by atoms with Gasteiger partial charge in [-0.3, -0.25) is 4.63 Å². The van der Waals surface area contributed by atoms with Crippen LogP contribution in [-0.4, -0.2) is 17.7 Å². The summed E-state index contributed by atoms with van der Waals surface area (Å²) in [6.45, 7) is 3.53. The fourth-order valence-electron chi connectivity index (χ4n) is 1.81. The molecule has 8 nitrogen and oxygen atoms in total. The summed E-state index contributed by atoms with van der Waals surface area (Å²) >= 11 is 0. The maximum absolute atomic E-state index is 11.6. The molecule has 0 bridgehead atoms. The molecule has 0 amide bonds. The molecule has 0 spiro atoms. The molecule has 0 aliphatic rings. The maximum atomic E-state index is 11.6. The number of hydrogen-bond acceptors (Lipinski definition) is 7. The van der Waals surface area contributed by atoms with Crippen LogP contribution in [-0.2, 0) is 16.1 Å². The van der Waals surface area contributed by atoms with Crippen LogP contribution in [0.3, 0.4) is 0 Å². The van der Waals surface area contributed by atoms with E-state index in [0.717, 1.165) is 0 Å². The van der Waals surface area contributed by atoms with E-state index in [9.17, 15) is 10.0 Å². The molecule has 1 aromatic carbocycles. The first-order valence-corrected chi connectivity index (χ1v) is 7.12. The van der Waals surface area contributed by atoms with Crippen LogP contribution in [0.1, 0.15) is 23.9 Å². The van der Waals surface area contributed by atoms with Gasteiger partial charge in [0.15, 0.2) is 6.61 Å². The molecule has 24 heavy (non-hydrogen) atoms. The highest BCUT2D eigenvalue weighted by Gasteiger charge is 2.15. The Labute approximate surface area is 138 Å². The Morgan fingerprint density at radius 2 is 2.17 bits per heavy atom. The predicted molar refractivity (Wildman–Crippen MR) is 81.2 cm³/mol. The topological polar surface area (TPSA) is 112 Å². The van der Waals surface area contributed by atoms with Crippen LogP contribution in [0.5, 0.6) is 5.75 Å². The minimum Gasteiger partial charge on any atom is -0.485 e. The lowest BCUT2D eigenvalue weighted by Crippen LogP contribution is -2.29. The van der Waals surface area contributed by atoms with Crippen molar-refractivity contribution in [3.63, 3.8) is 0 Å². The summed E-state index contributed by atoms with van der Waals surface area (Å²) in [5, 5.41) is 23.8. The van der Waals surface area contributed by atoms with Crippen LogP contribution >= 0.6 is 0 Å². The third kappa shape index (κ3) is 4.10. The first-order chi connectivity index (χ1) is 11.5. The van der Waals surface area contributed by atoms with E-state index in [-0.39, 0.29) is 24.5 Å². The van der Waals surface area contributed by atoms with E-state index in [1.54, 1.807) is 44.2 Å². The van der Waals surface area contributed by atoms with E-state index in [1.165, 1.54) is 6.08 Å². The van der Waals surface area contributed by atoms with Crippen molar-refractivity contribution in [1.29, 1.82) is 5.26 Å². The molecule has 0 aliphatic heterocycles. The van der Waals surface area contributed by atoms with Crippen molar-refractivity contribution in [2.75, 3.05) is 6.61 Å². The lowest BCUT2D eigenvalue weighted by atomic mass is 10.1. The minimum absolute atomic E-state index is 0.0142. The summed E-state index contributed by atoms with van der Waals surface area (Å²) in [5.74, 6) is -0.148. The molecule has 0 radical (unpaired) electrons. The summed E-state index contributed by atoms with van der Waals surface area (Å²) in [7, 11) is 0. The first-order valence-electron chi connectivity index (χ1n) is 7.12. The van der Waals surface area contributed by atoms with Crippen LogP contribution in [0.25, 0.3) is 6.08 Å². The highest BCUT2D eigenvalue weighted by atomic mass is 16.8. The van der Waals surface area contributed by atoms with Gasteiger partial charge >= 0.3 is 5.97 Å². The molecule has 2 rings (SSSR count). The van der Waals surface area contributed by atoms with Gasteiger partial charge in [0.1, 0.15) is 17.4 Å². The number of hydrogen-bond donors (Lipinski definition) is 0. The first kappa shape index (κ1) is 17.0. The van der Waals surface area contributed by atoms with Gasteiger partial charge in [-0.1, -0.05) is 12.1 Å². The Bertz CT molecular complexity index is 768. The molecular formula is C16H15N3O5. The molecule has 0 saturated carbocycles. The van der Waals surface area contributed by atoms with Crippen molar-refractivity contribution in [1.82, 2.24) is 5.16 Å². The highest BCUT2D eigenvalue weighted by Crippen LogP contribution is 2.16. The molecule has 0 unspecified atom stereocenters. The molecule has 1 aromatic heterocycles. The quantitative estimate of drug-likeness (QED) is 0.343. The zero-order chi connectivity index (χ0) is 17.5. The molecule has 8 heteroatoms. The number of esters is 1. The number of nitrogens with zero attached hydrogens (tertiary/aromatic N) is 3. The number of rotatable bonds is 6. The Morgan fingerprint density at radius 3 is 2.71 bits per heavy atom. The van der Waals surface area contributed by atoms with Crippen LogP contribution in [0, 0.1) is 23.5 Å². The summed E-state index contributed by atoms with van der Waals surface area (Å²) < 4.78 is 14.7. The van der Waals surface area contributed by atoms with Crippen molar-refractivity contribution in [3.05, 3.63) is 52.0 Å². The number of ether oxygens (including phenoxy) is 2. The molecule has 0 fully saturated rings. The van der Waals surface area contributed by atoms with Crippen molar-refractivity contribution in [2.45, 2.75) is 20.5 Å². The van der Waals surface area contributed by atoms with Crippen LogP contribution in [0.4, 0.5) is 0 Å². The molecule has 2 aromatic rings. The van der Waals surface area contributed by atoms with Crippen LogP contribution in [0.2, 0.25) is 0 Å². The average Bonchev–Trinajstić information content (AvgIpc) is 2.90. The number of carbonyl (C=O) groups is 1. The predicted octanol–water partition coefficient (Wildman–Crippen LogP) is 1.67. The molecule has 1 heterocycles. The molecule has 0 aliphatic carbocycles. The van der Waals surface area contributed by atoms with Gasteiger partial charge in [-0.25, -0.2) is 4.79 Å². The zero-order valence-electron chi connectivity index (χ0n) is 13.2. The van der Waals surface area contributed by atoms with Crippen molar-refractivity contribution in [3.8, 4) is 11.8 Å². The lowest BCUT2D eigenvalue weighted by molar-refractivity contribution is -0.808. The smallest absolute Gasteiger partial charge is 0.348 e. The second kappa shape index (κ2) is 7.78. The Kier molecular flexibility index (Phi) is 5.52. The lowest BCUT2D eigenvalue weighted by Gasteiger charge is -2.05. The van der Waals surface area contributed by atoms with Gasteiger partial charge in [0.05, 0.1) is 6.61 Å². The molecule has 124 valence electrons. The molecule has 0 saturated heterocycles. The summed E-state index contributed by atoms with van der Waals surface area (Å²) in [4.78, 5) is 11.9. The van der Waals surface area contributed by atoms with Gasteiger partial charge in [0.2, 0.25) is 11.4 Å². The third-order valence-electron chi connectivity index (χ3n) is 3.07. The van der Waals surface area contributed by atoms with Crippen molar-refractivity contribution >= 4 is 12.0 Å². The standard InChI is InChI=1S/C16H15N3O5/c1-3-22-16(20)13(9-17)8-12-4-6-14(7-5-12)23-10-15-11(2)18-24-19(15)21/h4-8H,3,10H2,1-2H3/b13-8+. The molecule has 0 atom stereocenters. The van der Waals surface area contributed by atoms with Gasteiger partial charge < -0.3 is 14.7 Å². The average molecular weight is 329 g/mol. The number of benzene rings is 1. The Morgan fingerprint density at radius 1 is 1.46 bits per heavy atom. The van der Waals surface area contributed by atoms with E-state index in [1.807, 2.05) is 0 Å². The second-order valence-electron chi connectivity index (χ2n) is 4.71. The largest absolute Gasteiger partial charge is 0.485 e. The minimum atomic E-state index is -0.664. The maximum Gasteiger partial charge on any atom is 0.348 e. The van der Waals surface area contributed by atoms with Gasteiger partial charge in [0, 0.05) is 12.1 Å². The van der Waals surface area contributed by atoms with Crippen LogP contribution in [0.15, 0.2) is 34.5 Å². The second-order valence-corrected chi connectivity index (χ2v) is 4.71. The van der Waals surface area contributed by atoms with Gasteiger partial charge in [-0.15, -0.1) is 0 Å². The summed E-state index contributed by atoms with van der Waals surface area (Å²) in [6, 6.07) is 8.48. The molecule has 0 N–H and O–H groups in total. The van der Waals surface area contributed by atoms with E-state index in [0.29, 0.717) is 21.9 Å². The molecular weight excluding hydrogens is 314 g/mol. The van der Waals surface area contributed by atoms with Gasteiger partial charge in [0.25, 0.3) is 0 Å². The van der Waals surface area contributed by atoms with Gasteiger partial charge in [-0.05, 0) is 35.6 Å². The zero-order valence-corrected chi connectivity index (χ0v) is 13.2. The normalized spacial score (nSPS) is 11.0. The van der Waals surface area contributed by atoms with Crippen molar-refractivity contribution in [2.24, 2.45) is 0 Å². The van der Waals surface area contributed by atoms with Gasteiger partial charge in [-0.2, -0.15) is 5.26 Å². The number of nitriles is 1. The van der Waals surface area contributed by atoms with Crippen LogP contribution < -0.4 is 9.64 Å². The fraction of sp³-hybridized carbons (Fsp3) is 0.250. The summed E-state index contributed by atoms with van der Waals surface area (Å²) in [6.07, 6.45) is 1.43. The van der Waals surface area contributed by atoms with E-state index < -0.39 is 5.97 Å².